The van der Waals surface area contributed by atoms with Gasteiger partial charge in [-0.25, -0.2) is 9.78 Å². The fourth-order valence-corrected chi connectivity index (χ4v) is 1.85. The fraction of sp³-hybridized carbons (Fsp3) is 0.385. The molecular formula is C13H17NO2. The summed E-state index contributed by atoms with van der Waals surface area (Å²) in [6, 6.07) is 8.37. The van der Waals surface area contributed by atoms with Gasteiger partial charge in [-0.1, -0.05) is 31.2 Å². The van der Waals surface area contributed by atoms with Gasteiger partial charge in [0.15, 0.2) is 5.72 Å². The van der Waals surface area contributed by atoms with Gasteiger partial charge in [0.1, 0.15) is 6.61 Å². The van der Waals surface area contributed by atoms with Gasteiger partial charge in [-0.05, 0) is 30.5 Å². The van der Waals surface area contributed by atoms with Gasteiger partial charge in [0, 0.05) is 5.57 Å². The molecule has 3 nitrogen and oxygen atoms in total. The molecule has 1 atom stereocenters. The van der Waals surface area contributed by atoms with Gasteiger partial charge in [-0.2, -0.15) is 0 Å². The third-order valence-electron chi connectivity index (χ3n) is 2.80. The number of benzene rings is 1. The van der Waals surface area contributed by atoms with E-state index >= 15 is 0 Å². The van der Waals surface area contributed by atoms with Crippen molar-refractivity contribution in [2.24, 2.45) is 5.73 Å². The first kappa shape index (κ1) is 11.3. The van der Waals surface area contributed by atoms with Crippen molar-refractivity contribution in [2.75, 3.05) is 6.61 Å². The monoisotopic (exact) mass is 219 g/mol. The molecule has 16 heavy (non-hydrogen) atoms. The average Bonchev–Trinajstić information content (AvgIpc) is 2.29. The lowest BCUT2D eigenvalue weighted by Crippen LogP contribution is -2.42. The molecular weight excluding hydrogens is 202 g/mol. The molecule has 1 aromatic carbocycles. The molecule has 86 valence electrons. The van der Waals surface area contributed by atoms with Crippen LogP contribution in [0.4, 0.5) is 0 Å². The second-order valence-electron chi connectivity index (χ2n) is 4.14. The minimum atomic E-state index is -0.869. The number of rotatable bonds is 2. The summed E-state index contributed by atoms with van der Waals surface area (Å²) < 4.78 is 0. The Morgan fingerprint density at radius 3 is 2.56 bits per heavy atom. The first-order valence-electron chi connectivity index (χ1n) is 5.53. The SMILES string of the molecule is CCc1ccc(C2=CCOOC2(C)N)cc1. The van der Waals surface area contributed by atoms with Gasteiger partial charge >= 0.3 is 0 Å². The molecule has 0 fully saturated rings. The number of nitrogens with two attached hydrogens (primary N) is 1. The van der Waals surface area contributed by atoms with E-state index in [1.807, 2.05) is 6.08 Å². The highest BCUT2D eigenvalue weighted by Crippen LogP contribution is 2.29. The Morgan fingerprint density at radius 1 is 1.31 bits per heavy atom. The van der Waals surface area contributed by atoms with Crippen molar-refractivity contribution in [1.82, 2.24) is 0 Å². The summed E-state index contributed by atoms with van der Waals surface area (Å²) in [5, 5.41) is 0. The van der Waals surface area contributed by atoms with E-state index in [1.54, 1.807) is 6.92 Å². The molecule has 2 rings (SSSR count). The summed E-state index contributed by atoms with van der Waals surface area (Å²) >= 11 is 0. The molecule has 1 aromatic rings. The lowest BCUT2D eigenvalue weighted by molar-refractivity contribution is -0.339. The molecule has 0 spiro atoms. The summed E-state index contributed by atoms with van der Waals surface area (Å²) in [6.45, 7) is 4.38. The van der Waals surface area contributed by atoms with Crippen LogP contribution in [-0.2, 0) is 16.2 Å². The first-order valence-corrected chi connectivity index (χ1v) is 5.53. The minimum Gasteiger partial charge on any atom is -0.297 e. The Labute approximate surface area is 95.8 Å². The van der Waals surface area contributed by atoms with Crippen LogP contribution < -0.4 is 5.73 Å². The van der Waals surface area contributed by atoms with Crippen LogP contribution in [-0.4, -0.2) is 12.3 Å². The third kappa shape index (κ3) is 2.16. The maximum Gasteiger partial charge on any atom is 0.174 e. The zero-order valence-corrected chi connectivity index (χ0v) is 9.69. The van der Waals surface area contributed by atoms with Crippen LogP contribution in [0.3, 0.4) is 0 Å². The zero-order chi connectivity index (χ0) is 11.6. The Hall–Kier alpha value is -1.16. The maximum absolute atomic E-state index is 6.01. The molecule has 1 aliphatic heterocycles. The summed E-state index contributed by atoms with van der Waals surface area (Å²) in [4.78, 5) is 9.98. The summed E-state index contributed by atoms with van der Waals surface area (Å²) in [5.41, 5.74) is 8.52. The van der Waals surface area contributed by atoms with Gasteiger partial charge in [0.05, 0.1) is 0 Å². The molecule has 1 aliphatic rings. The van der Waals surface area contributed by atoms with Crippen molar-refractivity contribution in [2.45, 2.75) is 26.0 Å². The van der Waals surface area contributed by atoms with Crippen LogP contribution >= 0.6 is 0 Å². The van der Waals surface area contributed by atoms with E-state index < -0.39 is 5.72 Å². The maximum atomic E-state index is 6.01. The number of hydrogen-bond acceptors (Lipinski definition) is 3. The van der Waals surface area contributed by atoms with Gasteiger partial charge in [0.2, 0.25) is 0 Å². The van der Waals surface area contributed by atoms with Crippen molar-refractivity contribution in [3.8, 4) is 0 Å². The largest absolute Gasteiger partial charge is 0.297 e. The lowest BCUT2D eigenvalue weighted by atomic mass is 9.95. The van der Waals surface area contributed by atoms with E-state index in [0.29, 0.717) is 6.61 Å². The second-order valence-corrected chi connectivity index (χ2v) is 4.14. The Bertz CT molecular complexity index is 393. The normalized spacial score (nSPS) is 25.3. The summed E-state index contributed by atoms with van der Waals surface area (Å²) in [6.07, 6.45) is 3.00. The average molecular weight is 219 g/mol. The molecule has 0 radical (unpaired) electrons. The number of aryl methyl sites for hydroxylation is 1. The zero-order valence-electron chi connectivity index (χ0n) is 9.69. The fourth-order valence-electron chi connectivity index (χ4n) is 1.85. The molecule has 0 aliphatic carbocycles. The van der Waals surface area contributed by atoms with Crippen molar-refractivity contribution >= 4 is 5.57 Å². The molecule has 2 N–H and O–H groups in total. The van der Waals surface area contributed by atoms with Crippen molar-refractivity contribution in [3.05, 3.63) is 41.5 Å². The van der Waals surface area contributed by atoms with Crippen LogP contribution in [0.25, 0.3) is 5.57 Å². The van der Waals surface area contributed by atoms with Crippen molar-refractivity contribution in [3.63, 3.8) is 0 Å². The minimum absolute atomic E-state index is 0.442. The van der Waals surface area contributed by atoms with E-state index in [9.17, 15) is 0 Å². The molecule has 0 bridgehead atoms. The molecule has 1 heterocycles. The molecule has 0 saturated carbocycles. The molecule has 0 saturated heterocycles. The predicted octanol–water partition coefficient (Wildman–Crippen LogP) is 2.27. The third-order valence-corrected chi connectivity index (χ3v) is 2.80. The van der Waals surface area contributed by atoms with E-state index in [-0.39, 0.29) is 0 Å². The second kappa shape index (κ2) is 4.37. The van der Waals surface area contributed by atoms with Gasteiger partial charge in [0.25, 0.3) is 0 Å². The summed E-state index contributed by atoms with van der Waals surface area (Å²) in [5.74, 6) is 0. The van der Waals surface area contributed by atoms with E-state index in [4.69, 9.17) is 15.5 Å². The van der Waals surface area contributed by atoms with Crippen molar-refractivity contribution in [1.29, 1.82) is 0 Å². The first-order chi connectivity index (χ1) is 7.63. The molecule has 0 amide bonds. The number of hydrogen-bond donors (Lipinski definition) is 1. The Balaban J connectivity index is 2.32. The van der Waals surface area contributed by atoms with Crippen LogP contribution in [0, 0.1) is 0 Å². The quantitative estimate of drug-likeness (QED) is 0.776. The van der Waals surface area contributed by atoms with E-state index in [2.05, 4.69) is 31.2 Å². The predicted molar refractivity (Wildman–Crippen MR) is 63.4 cm³/mol. The van der Waals surface area contributed by atoms with E-state index in [1.165, 1.54) is 5.56 Å². The van der Waals surface area contributed by atoms with Crippen LogP contribution in [0.15, 0.2) is 30.3 Å². The molecule has 3 heteroatoms. The topological polar surface area (TPSA) is 44.5 Å². The van der Waals surface area contributed by atoms with Crippen molar-refractivity contribution < 1.29 is 9.78 Å². The smallest absolute Gasteiger partial charge is 0.174 e. The highest BCUT2D eigenvalue weighted by Gasteiger charge is 2.30. The lowest BCUT2D eigenvalue weighted by Gasteiger charge is -2.30. The van der Waals surface area contributed by atoms with E-state index in [0.717, 1.165) is 17.6 Å². The highest BCUT2D eigenvalue weighted by molar-refractivity contribution is 5.71. The standard InChI is InChI=1S/C13H17NO2/c1-3-10-4-6-11(7-5-10)12-8-9-15-16-13(12,2)14/h4-8H,3,9,14H2,1-2H3. The highest BCUT2D eigenvalue weighted by atomic mass is 17.2. The summed E-state index contributed by atoms with van der Waals surface area (Å²) in [7, 11) is 0. The van der Waals surface area contributed by atoms with Crippen LogP contribution in [0.1, 0.15) is 25.0 Å². The van der Waals surface area contributed by atoms with Gasteiger partial charge < -0.3 is 0 Å². The molecule has 1 unspecified atom stereocenters. The van der Waals surface area contributed by atoms with Crippen LogP contribution in [0.2, 0.25) is 0 Å². The van der Waals surface area contributed by atoms with Gasteiger partial charge in [-0.3, -0.25) is 5.73 Å². The molecule has 0 aromatic heterocycles. The Kier molecular flexibility index (Phi) is 3.10. The van der Waals surface area contributed by atoms with Crippen LogP contribution in [0.5, 0.6) is 0 Å². The Morgan fingerprint density at radius 2 is 2.00 bits per heavy atom. The van der Waals surface area contributed by atoms with Gasteiger partial charge in [-0.15, -0.1) is 0 Å².